The van der Waals surface area contributed by atoms with Gasteiger partial charge in [-0.15, -0.1) is 0 Å². The fraction of sp³-hybridized carbons (Fsp3) is 0.889. The van der Waals surface area contributed by atoms with Crippen LogP contribution < -0.4 is 5.32 Å². The summed E-state index contributed by atoms with van der Waals surface area (Å²) in [4.78, 5) is 10.2. The zero-order valence-electron chi connectivity index (χ0n) is 7.38. The van der Waals surface area contributed by atoms with E-state index in [0.29, 0.717) is 12.5 Å². The van der Waals surface area contributed by atoms with Crippen LogP contribution in [0.2, 0.25) is 0 Å². The molecule has 0 aromatic heterocycles. The van der Waals surface area contributed by atoms with Crippen LogP contribution in [0.5, 0.6) is 0 Å². The number of hydrogen-bond acceptors (Lipinski definition) is 2. The Kier molecular flexibility index (Phi) is 4.08. The fourth-order valence-corrected chi connectivity index (χ4v) is 1.67. The van der Waals surface area contributed by atoms with Gasteiger partial charge in [-0.25, -0.2) is 0 Å². The molecular weight excluding hydrogens is 154 g/mol. The zero-order chi connectivity index (χ0) is 8.81. The normalized spacial score (nSPS) is 23.8. The quantitative estimate of drug-likeness (QED) is 0.672. The summed E-state index contributed by atoms with van der Waals surface area (Å²) < 4.78 is 0. The first kappa shape index (κ1) is 9.52. The van der Waals surface area contributed by atoms with Crippen molar-refractivity contribution in [1.29, 1.82) is 0 Å². The molecule has 3 nitrogen and oxygen atoms in total. The van der Waals surface area contributed by atoms with Crippen LogP contribution >= 0.6 is 0 Å². The van der Waals surface area contributed by atoms with E-state index in [1.54, 1.807) is 0 Å². The van der Waals surface area contributed by atoms with Crippen molar-refractivity contribution >= 4 is 5.97 Å². The molecule has 0 radical (unpaired) electrons. The SMILES string of the molecule is O=C(O)CCC[C@H]1CCCCN1. The van der Waals surface area contributed by atoms with Gasteiger partial charge in [0.25, 0.3) is 0 Å². The molecule has 0 spiro atoms. The van der Waals surface area contributed by atoms with E-state index in [-0.39, 0.29) is 0 Å². The van der Waals surface area contributed by atoms with Crippen molar-refractivity contribution in [3.05, 3.63) is 0 Å². The first-order chi connectivity index (χ1) is 5.79. The van der Waals surface area contributed by atoms with Gasteiger partial charge in [0.2, 0.25) is 0 Å². The second-order valence-corrected chi connectivity index (χ2v) is 3.43. The van der Waals surface area contributed by atoms with Crippen LogP contribution in [0.1, 0.15) is 38.5 Å². The van der Waals surface area contributed by atoms with Gasteiger partial charge in [0.15, 0.2) is 0 Å². The van der Waals surface area contributed by atoms with Crippen molar-refractivity contribution < 1.29 is 9.90 Å². The number of rotatable bonds is 4. The Labute approximate surface area is 73.2 Å². The molecule has 0 unspecified atom stereocenters. The van der Waals surface area contributed by atoms with E-state index in [4.69, 9.17) is 5.11 Å². The molecule has 1 saturated heterocycles. The Balaban J connectivity index is 2.01. The molecule has 1 fully saturated rings. The van der Waals surface area contributed by atoms with Crippen LogP contribution in [0.4, 0.5) is 0 Å². The number of nitrogens with one attached hydrogen (secondary N) is 1. The highest BCUT2D eigenvalue weighted by atomic mass is 16.4. The molecule has 0 aromatic rings. The summed E-state index contributed by atoms with van der Waals surface area (Å²) in [5.41, 5.74) is 0. The molecule has 1 rings (SSSR count). The average Bonchev–Trinajstić information content (AvgIpc) is 2.05. The van der Waals surface area contributed by atoms with Gasteiger partial charge in [-0.1, -0.05) is 6.42 Å². The number of aliphatic carboxylic acids is 1. The highest BCUT2D eigenvalue weighted by molar-refractivity contribution is 5.66. The molecule has 0 saturated carbocycles. The summed E-state index contributed by atoms with van der Waals surface area (Å²) in [7, 11) is 0. The van der Waals surface area contributed by atoms with Crippen LogP contribution in [0.25, 0.3) is 0 Å². The third-order valence-electron chi connectivity index (χ3n) is 2.36. The molecule has 0 aromatic carbocycles. The summed E-state index contributed by atoms with van der Waals surface area (Å²) >= 11 is 0. The third-order valence-corrected chi connectivity index (χ3v) is 2.36. The van der Waals surface area contributed by atoms with Gasteiger partial charge in [0, 0.05) is 12.5 Å². The second kappa shape index (κ2) is 5.14. The Morgan fingerprint density at radius 1 is 1.50 bits per heavy atom. The average molecular weight is 171 g/mol. The van der Waals surface area contributed by atoms with Gasteiger partial charge in [-0.3, -0.25) is 4.79 Å². The highest BCUT2D eigenvalue weighted by Crippen LogP contribution is 2.12. The van der Waals surface area contributed by atoms with Gasteiger partial charge in [0.05, 0.1) is 0 Å². The minimum Gasteiger partial charge on any atom is -0.481 e. The summed E-state index contributed by atoms with van der Waals surface area (Å²) in [5.74, 6) is -0.675. The number of carboxylic acids is 1. The van der Waals surface area contributed by atoms with E-state index < -0.39 is 5.97 Å². The number of carboxylic acid groups (broad SMARTS) is 1. The van der Waals surface area contributed by atoms with Crippen molar-refractivity contribution in [2.45, 2.75) is 44.6 Å². The first-order valence-electron chi connectivity index (χ1n) is 4.74. The monoisotopic (exact) mass is 171 g/mol. The van der Waals surface area contributed by atoms with Gasteiger partial charge < -0.3 is 10.4 Å². The maximum absolute atomic E-state index is 10.2. The summed E-state index contributed by atoms with van der Waals surface area (Å²) in [6.07, 6.45) is 5.94. The van der Waals surface area contributed by atoms with E-state index in [2.05, 4.69) is 5.32 Å². The molecule has 0 aliphatic carbocycles. The van der Waals surface area contributed by atoms with E-state index in [0.717, 1.165) is 19.4 Å². The molecule has 0 bridgehead atoms. The molecular formula is C9H17NO2. The zero-order valence-corrected chi connectivity index (χ0v) is 7.38. The summed E-state index contributed by atoms with van der Waals surface area (Å²) in [6, 6.07) is 0.582. The topological polar surface area (TPSA) is 49.3 Å². The largest absolute Gasteiger partial charge is 0.481 e. The fourth-order valence-electron chi connectivity index (χ4n) is 1.67. The first-order valence-corrected chi connectivity index (χ1v) is 4.74. The van der Waals surface area contributed by atoms with Crippen LogP contribution in [0, 0.1) is 0 Å². The number of carbonyl (C=O) groups is 1. The number of piperidine rings is 1. The van der Waals surface area contributed by atoms with Gasteiger partial charge in [0.1, 0.15) is 0 Å². The van der Waals surface area contributed by atoms with Crippen LogP contribution in [-0.4, -0.2) is 23.7 Å². The van der Waals surface area contributed by atoms with Crippen molar-refractivity contribution in [3.8, 4) is 0 Å². The minimum absolute atomic E-state index is 0.318. The maximum Gasteiger partial charge on any atom is 0.303 e. The highest BCUT2D eigenvalue weighted by Gasteiger charge is 2.11. The molecule has 1 heterocycles. The van der Waals surface area contributed by atoms with E-state index >= 15 is 0 Å². The predicted molar refractivity (Wildman–Crippen MR) is 47.1 cm³/mol. The summed E-state index contributed by atoms with van der Waals surface area (Å²) in [6.45, 7) is 1.11. The molecule has 3 heteroatoms. The Morgan fingerprint density at radius 2 is 2.33 bits per heavy atom. The third kappa shape index (κ3) is 3.72. The molecule has 12 heavy (non-hydrogen) atoms. The van der Waals surface area contributed by atoms with Crippen molar-refractivity contribution in [3.63, 3.8) is 0 Å². The van der Waals surface area contributed by atoms with Crippen molar-refractivity contribution in [1.82, 2.24) is 5.32 Å². The lowest BCUT2D eigenvalue weighted by Crippen LogP contribution is -2.33. The molecule has 1 aliphatic rings. The Hall–Kier alpha value is -0.570. The Morgan fingerprint density at radius 3 is 2.92 bits per heavy atom. The second-order valence-electron chi connectivity index (χ2n) is 3.43. The summed E-state index contributed by atoms with van der Waals surface area (Å²) in [5, 5.41) is 11.8. The van der Waals surface area contributed by atoms with Crippen LogP contribution in [-0.2, 0) is 4.79 Å². The lowest BCUT2D eigenvalue weighted by molar-refractivity contribution is -0.137. The van der Waals surface area contributed by atoms with Gasteiger partial charge >= 0.3 is 5.97 Å². The van der Waals surface area contributed by atoms with Crippen LogP contribution in [0.15, 0.2) is 0 Å². The van der Waals surface area contributed by atoms with Crippen molar-refractivity contribution in [2.75, 3.05) is 6.54 Å². The molecule has 2 N–H and O–H groups in total. The maximum atomic E-state index is 10.2. The Bertz CT molecular complexity index is 141. The predicted octanol–water partition coefficient (Wildman–Crippen LogP) is 1.38. The van der Waals surface area contributed by atoms with Crippen molar-refractivity contribution in [2.24, 2.45) is 0 Å². The number of hydrogen-bond donors (Lipinski definition) is 2. The minimum atomic E-state index is -0.675. The lowest BCUT2D eigenvalue weighted by atomic mass is 10.00. The lowest BCUT2D eigenvalue weighted by Gasteiger charge is -2.22. The van der Waals surface area contributed by atoms with Gasteiger partial charge in [-0.05, 0) is 32.2 Å². The van der Waals surface area contributed by atoms with Crippen LogP contribution in [0.3, 0.4) is 0 Å². The standard InChI is InChI=1S/C9H17NO2/c11-9(12)6-3-5-8-4-1-2-7-10-8/h8,10H,1-7H2,(H,11,12)/t8-/m1/s1. The molecule has 1 atom stereocenters. The molecule has 0 amide bonds. The smallest absolute Gasteiger partial charge is 0.303 e. The van der Waals surface area contributed by atoms with E-state index in [9.17, 15) is 4.79 Å². The molecule has 1 aliphatic heterocycles. The van der Waals surface area contributed by atoms with E-state index in [1.807, 2.05) is 0 Å². The van der Waals surface area contributed by atoms with E-state index in [1.165, 1.54) is 19.3 Å². The van der Waals surface area contributed by atoms with Gasteiger partial charge in [-0.2, -0.15) is 0 Å². The molecule has 70 valence electrons.